The van der Waals surface area contributed by atoms with Gasteiger partial charge in [0.25, 0.3) is 0 Å². The number of hydrogen-bond acceptors (Lipinski definition) is 1. The molecular weight excluding hydrogens is 184 g/mol. The predicted octanol–water partition coefficient (Wildman–Crippen LogP) is 3.74. The quantitative estimate of drug-likeness (QED) is 0.283. The van der Waals surface area contributed by atoms with Crippen LogP contribution < -0.4 is 0 Å². The van der Waals surface area contributed by atoms with E-state index in [1.807, 2.05) is 27.0 Å². The van der Waals surface area contributed by atoms with Gasteiger partial charge in [0.05, 0.1) is 5.84 Å². The summed E-state index contributed by atoms with van der Waals surface area (Å²) in [5.41, 5.74) is 0. The maximum atomic E-state index is 4.31. The fourth-order valence-electron chi connectivity index (χ4n) is 1.40. The molecule has 0 bridgehead atoms. The second-order valence-corrected chi connectivity index (χ2v) is 2.99. The molecule has 0 aliphatic carbocycles. The Balaban J connectivity index is 0. The molecule has 0 heterocycles. The van der Waals surface area contributed by atoms with Gasteiger partial charge in [-0.1, -0.05) is 19.9 Å². The van der Waals surface area contributed by atoms with E-state index in [0.717, 1.165) is 32.4 Å². The molecule has 0 aliphatic rings. The molecule has 0 rings (SSSR count). The molecule has 0 unspecified atom stereocenters. The molecule has 0 atom stereocenters. The molecule has 2 heteroatoms. The molecule has 0 saturated heterocycles. The molecule has 0 amide bonds. The molecule has 0 N–H and O–H groups in total. The van der Waals surface area contributed by atoms with Gasteiger partial charge in [-0.05, 0) is 26.7 Å². The average molecular weight is 212 g/mol. The van der Waals surface area contributed by atoms with Crippen molar-refractivity contribution in [1.82, 2.24) is 4.90 Å². The maximum Gasteiger partial charge on any atom is 0.0985 e. The van der Waals surface area contributed by atoms with Crippen LogP contribution >= 0.6 is 0 Å². The number of aliphatic imine (C=N–C) groups is 1. The molecule has 90 valence electrons. The number of hydrogen-bond donors (Lipinski definition) is 0. The molecule has 0 aliphatic heterocycles. The SMILES string of the molecule is C=CCCCC(=NC)N(CC)CC.CC. The lowest BCUT2D eigenvalue weighted by molar-refractivity contribution is 0.452. The molecule has 0 radical (unpaired) electrons. The van der Waals surface area contributed by atoms with Crippen LogP contribution in [0.15, 0.2) is 17.6 Å². The third-order valence-corrected chi connectivity index (χ3v) is 2.20. The zero-order valence-corrected chi connectivity index (χ0v) is 11.2. The molecule has 0 fully saturated rings. The van der Waals surface area contributed by atoms with E-state index < -0.39 is 0 Å². The van der Waals surface area contributed by atoms with Gasteiger partial charge >= 0.3 is 0 Å². The van der Waals surface area contributed by atoms with Gasteiger partial charge in [-0.2, -0.15) is 0 Å². The Kier molecular flexibility index (Phi) is 14.6. The number of nitrogens with zero attached hydrogens (tertiary/aromatic N) is 2. The Morgan fingerprint density at radius 1 is 1.27 bits per heavy atom. The van der Waals surface area contributed by atoms with Crippen molar-refractivity contribution in [2.24, 2.45) is 4.99 Å². The van der Waals surface area contributed by atoms with Gasteiger partial charge < -0.3 is 4.90 Å². The van der Waals surface area contributed by atoms with Gasteiger partial charge in [-0.3, -0.25) is 4.99 Å². The Morgan fingerprint density at radius 3 is 2.13 bits per heavy atom. The van der Waals surface area contributed by atoms with Crippen LogP contribution in [-0.2, 0) is 0 Å². The van der Waals surface area contributed by atoms with E-state index in [1.54, 1.807) is 0 Å². The van der Waals surface area contributed by atoms with E-state index in [4.69, 9.17) is 0 Å². The van der Waals surface area contributed by atoms with E-state index in [2.05, 4.69) is 30.3 Å². The van der Waals surface area contributed by atoms with E-state index >= 15 is 0 Å². The van der Waals surface area contributed by atoms with E-state index in [-0.39, 0.29) is 0 Å². The van der Waals surface area contributed by atoms with Gasteiger partial charge in [0.2, 0.25) is 0 Å². The Hall–Kier alpha value is -0.790. The number of unbranched alkanes of at least 4 members (excludes halogenated alkanes) is 1. The molecular formula is C13H28N2. The topological polar surface area (TPSA) is 15.6 Å². The first kappa shape index (κ1) is 16.6. The van der Waals surface area contributed by atoms with Gasteiger partial charge in [0.15, 0.2) is 0 Å². The first-order chi connectivity index (χ1) is 7.29. The van der Waals surface area contributed by atoms with E-state index in [0.29, 0.717) is 0 Å². The zero-order chi connectivity index (χ0) is 12.1. The zero-order valence-electron chi connectivity index (χ0n) is 11.2. The van der Waals surface area contributed by atoms with Gasteiger partial charge in [0, 0.05) is 26.6 Å². The standard InChI is InChI=1S/C11H22N2.C2H6/c1-5-8-9-10-11(12-4)13(6-2)7-3;1-2/h5H,1,6-10H2,2-4H3;1-2H3. The van der Waals surface area contributed by atoms with E-state index in [1.165, 1.54) is 5.84 Å². The van der Waals surface area contributed by atoms with Crippen molar-refractivity contribution in [3.05, 3.63) is 12.7 Å². The third kappa shape index (κ3) is 8.22. The lowest BCUT2D eigenvalue weighted by Gasteiger charge is -2.22. The molecule has 0 aromatic heterocycles. The fraction of sp³-hybridized carbons (Fsp3) is 0.769. The van der Waals surface area contributed by atoms with Crippen LogP contribution in [0.1, 0.15) is 47.0 Å². The van der Waals surface area contributed by atoms with Crippen molar-refractivity contribution in [3.63, 3.8) is 0 Å². The summed E-state index contributed by atoms with van der Waals surface area (Å²) < 4.78 is 0. The lowest BCUT2D eigenvalue weighted by atomic mass is 10.2. The summed E-state index contributed by atoms with van der Waals surface area (Å²) in [5, 5.41) is 0. The van der Waals surface area contributed by atoms with Crippen molar-refractivity contribution in [3.8, 4) is 0 Å². The van der Waals surface area contributed by atoms with Crippen LogP contribution in [-0.4, -0.2) is 30.9 Å². The molecule has 0 saturated carbocycles. The second kappa shape index (κ2) is 13.2. The average Bonchev–Trinajstić information content (AvgIpc) is 2.31. The number of rotatable bonds is 6. The second-order valence-electron chi connectivity index (χ2n) is 2.99. The van der Waals surface area contributed by atoms with Crippen LogP contribution in [0, 0.1) is 0 Å². The Labute approximate surface area is 96.1 Å². The van der Waals surface area contributed by atoms with Crippen molar-refractivity contribution >= 4 is 5.84 Å². The van der Waals surface area contributed by atoms with Crippen LogP contribution in [0.3, 0.4) is 0 Å². The maximum absolute atomic E-state index is 4.31. The summed E-state index contributed by atoms with van der Waals surface area (Å²) in [6.45, 7) is 14.2. The molecule has 0 spiro atoms. The lowest BCUT2D eigenvalue weighted by Crippen LogP contribution is -2.30. The largest absolute Gasteiger partial charge is 0.361 e. The Morgan fingerprint density at radius 2 is 1.80 bits per heavy atom. The third-order valence-electron chi connectivity index (χ3n) is 2.20. The summed E-state index contributed by atoms with van der Waals surface area (Å²) in [7, 11) is 1.88. The molecule has 0 aromatic carbocycles. The van der Waals surface area contributed by atoms with Crippen LogP contribution in [0.2, 0.25) is 0 Å². The normalized spacial score (nSPS) is 10.3. The minimum absolute atomic E-state index is 1.05. The van der Waals surface area contributed by atoms with Crippen molar-refractivity contribution < 1.29 is 0 Å². The van der Waals surface area contributed by atoms with Crippen LogP contribution in [0.5, 0.6) is 0 Å². The fourth-order valence-corrected chi connectivity index (χ4v) is 1.40. The van der Waals surface area contributed by atoms with Crippen LogP contribution in [0.25, 0.3) is 0 Å². The summed E-state index contributed by atoms with van der Waals surface area (Å²) >= 11 is 0. The van der Waals surface area contributed by atoms with Crippen LogP contribution in [0.4, 0.5) is 0 Å². The van der Waals surface area contributed by atoms with Gasteiger partial charge in [-0.25, -0.2) is 0 Å². The first-order valence-electron chi connectivity index (χ1n) is 6.11. The highest BCUT2D eigenvalue weighted by molar-refractivity contribution is 5.82. The highest BCUT2D eigenvalue weighted by atomic mass is 15.2. The van der Waals surface area contributed by atoms with Crippen molar-refractivity contribution in [2.45, 2.75) is 47.0 Å². The number of amidine groups is 1. The van der Waals surface area contributed by atoms with Gasteiger partial charge in [0.1, 0.15) is 0 Å². The molecule has 15 heavy (non-hydrogen) atoms. The smallest absolute Gasteiger partial charge is 0.0985 e. The number of allylic oxidation sites excluding steroid dienone is 1. The van der Waals surface area contributed by atoms with Crippen molar-refractivity contribution in [2.75, 3.05) is 20.1 Å². The summed E-state index contributed by atoms with van der Waals surface area (Å²) in [6.07, 6.45) is 5.28. The summed E-state index contributed by atoms with van der Waals surface area (Å²) in [6, 6.07) is 0. The molecule has 2 nitrogen and oxygen atoms in total. The monoisotopic (exact) mass is 212 g/mol. The minimum atomic E-state index is 1.05. The van der Waals surface area contributed by atoms with E-state index in [9.17, 15) is 0 Å². The summed E-state index contributed by atoms with van der Waals surface area (Å²) in [5.74, 6) is 1.23. The summed E-state index contributed by atoms with van der Waals surface area (Å²) in [4.78, 5) is 6.62. The highest BCUT2D eigenvalue weighted by Gasteiger charge is 2.04. The molecule has 0 aromatic rings. The minimum Gasteiger partial charge on any atom is -0.361 e. The first-order valence-corrected chi connectivity index (χ1v) is 6.11. The van der Waals surface area contributed by atoms with Gasteiger partial charge in [-0.15, -0.1) is 6.58 Å². The van der Waals surface area contributed by atoms with Crippen molar-refractivity contribution in [1.29, 1.82) is 0 Å². The predicted molar refractivity (Wildman–Crippen MR) is 71.7 cm³/mol. The Bertz CT molecular complexity index is 158. The highest BCUT2D eigenvalue weighted by Crippen LogP contribution is 2.02.